The van der Waals surface area contributed by atoms with Crippen LogP contribution < -0.4 is 10.1 Å². The molecule has 4 rings (SSSR count). The molecule has 0 aliphatic carbocycles. The van der Waals surface area contributed by atoms with E-state index in [4.69, 9.17) is 4.74 Å². The maximum atomic E-state index is 14.1. The minimum absolute atomic E-state index is 0.0364. The van der Waals surface area contributed by atoms with E-state index in [9.17, 15) is 18.0 Å². The highest BCUT2D eigenvalue weighted by Crippen LogP contribution is 2.25. The van der Waals surface area contributed by atoms with Crippen LogP contribution in [0.3, 0.4) is 0 Å². The molecule has 0 aliphatic rings. The molecule has 43 heavy (non-hydrogen) atoms. The van der Waals surface area contributed by atoms with Crippen LogP contribution in [0, 0.1) is 0 Å². The summed E-state index contributed by atoms with van der Waals surface area (Å²) in [6.45, 7) is 0.0943. The van der Waals surface area contributed by atoms with Crippen molar-refractivity contribution in [1.82, 2.24) is 14.5 Å². The predicted octanol–water partition coefficient (Wildman–Crippen LogP) is 4.59. The fraction of sp³-hybridized carbons (Fsp3) is 0.235. The Bertz CT molecular complexity index is 1570. The van der Waals surface area contributed by atoms with Crippen LogP contribution in [0.2, 0.25) is 0 Å². The monoisotopic (exact) mass is 599 g/mol. The van der Waals surface area contributed by atoms with Gasteiger partial charge in [-0.3, -0.25) is 9.59 Å². The predicted molar refractivity (Wildman–Crippen MR) is 168 cm³/mol. The second-order valence-corrected chi connectivity index (χ2v) is 12.2. The molecule has 0 heterocycles. The van der Waals surface area contributed by atoms with Gasteiger partial charge < -0.3 is 15.0 Å². The number of hydrogen-bond donors (Lipinski definition) is 1. The second-order valence-electron chi connectivity index (χ2n) is 10.2. The Balaban J connectivity index is 1.62. The Morgan fingerprint density at radius 3 is 1.81 bits per heavy atom. The van der Waals surface area contributed by atoms with Crippen molar-refractivity contribution in [2.45, 2.75) is 25.6 Å². The van der Waals surface area contributed by atoms with Gasteiger partial charge in [-0.05, 0) is 40.8 Å². The molecule has 0 fully saturated rings. The van der Waals surface area contributed by atoms with Crippen molar-refractivity contribution in [2.24, 2.45) is 0 Å². The van der Waals surface area contributed by atoms with Gasteiger partial charge in [0.2, 0.25) is 21.8 Å². The van der Waals surface area contributed by atoms with Crippen LogP contribution in [0.15, 0.2) is 115 Å². The van der Waals surface area contributed by atoms with Gasteiger partial charge in [0, 0.05) is 19.6 Å². The number of methoxy groups -OCH3 is 1. The second kappa shape index (κ2) is 15.1. The van der Waals surface area contributed by atoms with Gasteiger partial charge in [0.15, 0.2) is 0 Å². The van der Waals surface area contributed by atoms with E-state index in [1.165, 1.54) is 4.90 Å². The van der Waals surface area contributed by atoms with E-state index in [1.54, 1.807) is 19.2 Å². The number of nitrogens with one attached hydrogen (secondary N) is 1. The first-order chi connectivity index (χ1) is 20.7. The summed E-state index contributed by atoms with van der Waals surface area (Å²) in [7, 11) is -2.14. The average molecular weight is 600 g/mol. The summed E-state index contributed by atoms with van der Waals surface area (Å²) in [6.07, 6.45) is 1.67. The van der Waals surface area contributed by atoms with E-state index in [2.05, 4.69) is 5.32 Å². The van der Waals surface area contributed by atoms with Crippen LogP contribution >= 0.6 is 0 Å². The molecule has 1 N–H and O–H groups in total. The highest BCUT2D eigenvalue weighted by molar-refractivity contribution is 7.88. The zero-order valence-corrected chi connectivity index (χ0v) is 25.2. The lowest BCUT2D eigenvalue weighted by Crippen LogP contribution is -2.48. The zero-order chi connectivity index (χ0) is 30.7. The van der Waals surface area contributed by atoms with Gasteiger partial charge in [0.1, 0.15) is 11.8 Å². The van der Waals surface area contributed by atoms with E-state index in [-0.39, 0.29) is 19.0 Å². The van der Waals surface area contributed by atoms with Crippen molar-refractivity contribution in [3.8, 4) is 5.75 Å². The third-order valence-corrected chi connectivity index (χ3v) is 8.24. The number of ether oxygens (including phenoxy) is 1. The van der Waals surface area contributed by atoms with Crippen molar-refractivity contribution in [3.05, 3.63) is 138 Å². The molecule has 0 saturated carbocycles. The molecular weight excluding hydrogens is 562 g/mol. The Morgan fingerprint density at radius 1 is 0.744 bits per heavy atom. The molecule has 0 aliphatic heterocycles. The molecule has 224 valence electrons. The van der Waals surface area contributed by atoms with Crippen molar-refractivity contribution in [1.29, 1.82) is 0 Å². The lowest BCUT2D eigenvalue weighted by Gasteiger charge is -2.33. The fourth-order valence-electron chi connectivity index (χ4n) is 4.75. The van der Waals surface area contributed by atoms with E-state index in [1.807, 2.05) is 103 Å². The van der Waals surface area contributed by atoms with Crippen LogP contribution in [0.5, 0.6) is 5.75 Å². The van der Waals surface area contributed by atoms with Crippen LogP contribution in [0.1, 0.15) is 28.3 Å². The standard InChI is InChI=1S/C34H37N3O5S/c1-42-31-20-18-27(19-21-31)22-23-35-34(39)33(30-16-10-5-11-17-30)37(25-29-14-8-4-9-15-29)32(38)26-36(43(2,40)41)24-28-12-6-3-7-13-28/h3-21,33H,22-26H2,1-2H3,(H,35,39). The third-order valence-electron chi connectivity index (χ3n) is 7.05. The van der Waals surface area contributed by atoms with Crippen LogP contribution in [-0.4, -0.2) is 55.9 Å². The molecule has 8 nitrogen and oxygen atoms in total. The first-order valence-corrected chi connectivity index (χ1v) is 15.9. The molecule has 0 aromatic heterocycles. The summed E-state index contributed by atoms with van der Waals surface area (Å²) in [5.74, 6) is -0.0790. The molecule has 0 saturated heterocycles. The van der Waals surface area contributed by atoms with E-state index in [0.717, 1.165) is 33.0 Å². The molecule has 0 bridgehead atoms. The third kappa shape index (κ3) is 9.26. The Kier molecular flexibility index (Phi) is 11.1. The van der Waals surface area contributed by atoms with Gasteiger partial charge in [-0.15, -0.1) is 0 Å². The maximum Gasteiger partial charge on any atom is 0.247 e. The minimum atomic E-state index is -3.75. The molecule has 0 spiro atoms. The van der Waals surface area contributed by atoms with Crippen LogP contribution in [0.25, 0.3) is 0 Å². The first kappa shape index (κ1) is 31.5. The number of carbonyl (C=O) groups excluding carboxylic acids is 2. The number of nitrogens with zero attached hydrogens (tertiary/aromatic N) is 2. The molecule has 4 aromatic rings. The summed E-state index contributed by atoms with van der Waals surface area (Å²) in [5, 5.41) is 3.01. The summed E-state index contributed by atoms with van der Waals surface area (Å²) in [4.78, 5) is 29.5. The van der Waals surface area contributed by atoms with Crippen LogP contribution in [0.4, 0.5) is 0 Å². The van der Waals surface area contributed by atoms with E-state index >= 15 is 0 Å². The molecule has 9 heteroatoms. The Morgan fingerprint density at radius 2 is 1.28 bits per heavy atom. The van der Waals surface area contributed by atoms with Gasteiger partial charge >= 0.3 is 0 Å². The molecule has 1 unspecified atom stereocenters. The molecular formula is C34H37N3O5S. The fourth-order valence-corrected chi connectivity index (χ4v) is 5.48. The van der Waals surface area contributed by atoms with Gasteiger partial charge in [0.25, 0.3) is 0 Å². The number of rotatable bonds is 14. The Labute approximate surface area is 254 Å². The quantitative estimate of drug-likeness (QED) is 0.229. The molecule has 1 atom stereocenters. The summed E-state index contributed by atoms with van der Waals surface area (Å²) in [5.41, 5.74) is 3.23. The number of sulfonamides is 1. The van der Waals surface area contributed by atoms with Crippen LogP contribution in [-0.2, 0) is 39.1 Å². The summed E-state index contributed by atoms with van der Waals surface area (Å²) in [6, 6.07) is 34.2. The normalized spacial score (nSPS) is 12.0. The van der Waals surface area contributed by atoms with Crippen molar-refractivity contribution in [3.63, 3.8) is 0 Å². The van der Waals surface area contributed by atoms with Gasteiger partial charge in [-0.1, -0.05) is 103 Å². The SMILES string of the molecule is COc1ccc(CCNC(=O)C(c2ccccc2)N(Cc2ccccc2)C(=O)CN(Cc2ccccc2)S(C)(=O)=O)cc1. The Hall–Kier alpha value is -4.47. The molecule has 2 amide bonds. The molecule has 0 radical (unpaired) electrons. The largest absolute Gasteiger partial charge is 0.497 e. The minimum Gasteiger partial charge on any atom is -0.497 e. The average Bonchev–Trinajstić information content (AvgIpc) is 3.02. The van der Waals surface area contributed by atoms with E-state index < -0.39 is 28.5 Å². The topological polar surface area (TPSA) is 96.0 Å². The van der Waals surface area contributed by atoms with Gasteiger partial charge in [-0.2, -0.15) is 4.31 Å². The zero-order valence-electron chi connectivity index (χ0n) is 24.4. The smallest absolute Gasteiger partial charge is 0.247 e. The van der Waals surface area contributed by atoms with Crippen molar-refractivity contribution < 1.29 is 22.7 Å². The lowest BCUT2D eigenvalue weighted by molar-refractivity contribution is -0.141. The summed E-state index contributed by atoms with van der Waals surface area (Å²) < 4.78 is 32.0. The van der Waals surface area contributed by atoms with Gasteiger partial charge in [0.05, 0.1) is 19.9 Å². The van der Waals surface area contributed by atoms with Gasteiger partial charge in [-0.25, -0.2) is 8.42 Å². The van der Waals surface area contributed by atoms with Crippen molar-refractivity contribution in [2.75, 3.05) is 26.5 Å². The summed E-state index contributed by atoms with van der Waals surface area (Å²) >= 11 is 0. The first-order valence-electron chi connectivity index (χ1n) is 14.0. The number of amides is 2. The maximum absolute atomic E-state index is 14.1. The van der Waals surface area contributed by atoms with E-state index in [0.29, 0.717) is 18.5 Å². The lowest BCUT2D eigenvalue weighted by atomic mass is 10.0. The number of hydrogen-bond acceptors (Lipinski definition) is 5. The number of benzene rings is 4. The highest BCUT2D eigenvalue weighted by atomic mass is 32.2. The number of carbonyl (C=O) groups is 2. The van der Waals surface area contributed by atoms with Crippen molar-refractivity contribution >= 4 is 21.8 Å². The molecule has 4 aromatic carbocycles. The highest BCUT2D eigenvalue weighted by Gasteiger charge is 2.33.